The monoisotopic (exact) mass is 325 g/mol. The molecule has 0 spiro atoms. The van der Waals surface area contributed by atoms with Gasteiger partial charge in [0.15, 0.2) is 0 Å². The van der Waals surface area contributed by atoms with E-state index in [2.05, 4.69) is 40.3 Å². The van der Waals surface area contributed by atoms with Gasteiger partial charge >= 0.3 is 0 Å². The molecule has 0 aliphatic carbocycles. The molecule has 0 bridgehead atoms. The second-order valence-corrected chi connectivity index (χ2v) is 5.41. The average Bonchev–Trinajstić information content (AvgIpc) is 2.83. The van der Waals surface area contributed by atoms with Crippen LogP contribution >= 0.6 is 15.9 Å². The predicted octanol–water partition coefficient (Wildman–Crippen LogP) is 4.27. The molecule has 0 amide bonds. The largest absolute Gasteiger partial charge is 0.458 e. The predicted molar refractivity (Wildman–Crippen MR) is 81.4 cm³/mol. The molecule has 0 aliphatic heterocycles. The van der Waals surface area contributed by atoms with Crippen LogP contribution in [0.25, 0.3) is 11.0 Å². The van der Waals surface area contributed by atoms with Crippen LogP contribution in [0.15, 0.2) is 33.2 Å². The van der Waals surface area contributed by atoms with Gasteiger partial charge in [0.1, 0.15) is 11.3 Å². The SMILES string of the molecule is CCNC(CCCOC)c1cc2cccc(Br)c2o1. The molecule has 0 aliphatic rings. The van der Waals surface area contributed by atoms with Gasteiger partial charge in [-0.15, -0.1) is 0 Å². The van der Waals surface area contributed by atoms with Gasteiger partial charge in [0.2, 0.25) is 0 Å². The Morgan fingerprint density at radius 2 is 2.26 bits per heavy atom. The second-order valence-electron chi connectivity index (χ2n) is 4.55. The lowest BCUT2D eigenvalue weighted by Gasteiger charge is -2.14. The number of hydrogen-bond acceptors (Lipinski definition) is 3. The van der Waals surface area contributed by atoms with E-state index in [1.165, 1.54) is 0 Å². The molecule has 1 heterocycles. The number of benzene rings is 1. The Hall–Kier alpha value is -0.840. The van der Waals surface area contributed by atoms with Gasteiger partial charge in [-0.3, -0.25) is 0 Å². The van der Waals surface area contributed by atoms with Crippen molar-refractivity contribution in [3.05, 3.63) is 34.5 Å². The minimum absolute atomic E-state index is 0.249. The average molecular weight is 326 g/mol. The van der Waals surface area contributed by atoms with Gasteiger partial charge in [-0.1, -0.05) is 19.1 Å². The summed E-state index contributed by atoms with van der Waals surface area (Å²) in [6, 6.07) is 8.48. The molecule has 104 valence electrons. The Labute approximate surface area is 122 Å². The fourth-order valence-electron chi connectivity index (χ4n) is 2.24. The number of para-hydroxylation sites is 1. The molecule has 3 nitrogen and oxygen atoms in total. The summed E-state index contributed by atoms with van der Waals surface area (Å²) < 4.78 is 12.1. The van der Waals surface area contributed by atoms with Crippen molar-refractivity contribution in [1.29, 1.82) is 0 Å². The van der Waals surface area contributed by atoms with E-state index in [1.807, 2.05) is 12.1 Å². The number of furan rings is 1. The summed E-state index contributed by atoms with van der Waals surface area (Å²) in [5, 5.41) is 4.61. The van der Waals surface area contributed by atoms with E-state index >= 15 is 0 Å². The van der Waals surface area contributed by atoms with Crippen molar-refractivity contribution in [3.8, 4) is 0 Å². The zero-order valence-corrected chi connectivity index (χ0v) is 13.0. The molecule has 2 aromatic rings. The van der Waals surface area contributed by atoms with Crippen LogP contribution < -0.4 is 5.32 Å². The standard InChI is InChI=1S/C15H20BrNO2/c1-3-17-13(8-5-9-18-2)14-10-11-6-4-7-12(16)15(11)19-14/h4,6-7,10,13,17H,3,5,8-9H2,1-2H3. The summed E-state index contributed by atoms with van der Waals surface area (Å²) in [6.07, 6.45) is 2.03. The maximum atomic E-state index is 5.99. The Morgan fingerprint density at radius 3 is 2.95 bits per heavy atom. The van der Waals surface area contributed by atoms with Gasteiger partial charge in [-0.25, -0.2) is 0 Å². The van der Waals surface area contributed by atoms with E-state index in [-0.39, 0.29) is 6.04 Å². The molecule has 0 saturated carbocycles. The number of hydrogen-bond donors (Lipinski definition) is 1. The third-order valence-electron chi connectivity index (χ3n) is 3.15. The molecule has 1 aromatic heterocycles. The van der Waals surface area contributed by atoms with Crippen molar-refractivity contribution >= 4 is 26.9 Å². The summed E-state index contributed by atoms with van der Waals surface area (Å²) >= 11 is 3.53. The molecule has 19 heavy (non-hydrogen) atoms. The highest BCUT2D eigenvalue weighted by atomic mass is 79.9. The Kier molecular flexibility index (Phi) is 5.43. The second kappa shape index (κ2) is 7.08. The van der Waals surface area contributed by atoms with E-state index in [1.54, 1.807) is 7.11 Å². The van der Waals surface area contributed by atoms with Crippen molar-refractivity contribution in [1.82, 2.24) is 5.32 Å². The zero-order valence-electron chi connectivity index (χ0n) is 11.4. The number of rotatable bonds is 7. The Balaban J connectivity index is 2.20. The van der Waals surface area contributed by atoms with Gasteiger partial charge in [-0.05, 0) is 47.4 Å². The van der Waals surface area contributed by atoms with Gasteiger partial charge in [0.25, 0.3) is 0 Å². The molecule has 4 heteroatoms. The first-order valence-corrected chi connectivity index (χ1v) is 7.45. The van der Waals surface area contributed by atoms with Gasteiger partial charge < -0.3 is 14.5 Å². The Bertz CT molecular complexity index is 524. The molecule has 2 rings (SSSR count). The van der Waals surface area contributed by atoms with Crippen LogP contribution in [0.2, 0.25) is 0 Å². The van der Waals surface area contributed by atoms with Crippen molar-refractivity contribution in [2.24, 2.45) is 0 Å². The maximum Gasteiger partial charge on any atom is 0.148 e. The van der Waals surface area contributed by atoms with Crippen molar-refractivity contribution in [2.45, 2.75) is 25.8 Å². The smallest absolute Gasteiger partial charge is 0.148 e. The van der Waals surface area contributed by atoms with Crippen LogP contribution in [-0.2, 0) is 4.74 Å². The van der Waals surface area contributed by atoms with Crippen LogP contribution in [0.5, 0.6) is 0 Å². The number of methoxy groups -OCH3 is 1. The van der Waals surface area contributed by atoms with Crippen molar-refractivity contribution in [2.75, 3.05) is 20.3 Å². The van der Waals surface area contributed by atoms with Crippen LogP contribution in [0.4, 0.5) is 0 Å². The van der Waals surface area contributed by atoms with E-state index in [0.717, 1.165) is 47.2 Å². The number of nitrogens with one attached hydrogen (secondary N) is 1. The van der Waals surface area contributed by atoms with Crippen molar-refractivity contribution < 1.29 is 9.15 Å². The zero-order chi connectivity index (χ0) is 13.7. The van der Waals surface area contributed by atoms with Crippen LogP contribution in [0.3, 0.4) is 0 Å². The van der Waals surface area contributed by atoms with E-state index in [9.17, 15) is 0 Å². The Morgan fingerprint density at radius 1 is 1.42 bits per heavy atom. The highest BCUT2D eigenvalue weighted by molar-refractivity contribution is 9.10. The van der Waals surface area contributed by atoms with Gasteiger partial charge in [0.05, 0.1) is 10.5 Å². The minimum Gasteiger partial charge on any atom is -0.458 e. The highest BCUT2D eigenvalue weighted by Crippen LogP contribution is 2.31. The normalized spacial score (nSPS) is 13.0. The molecule has 1 atom stereocenters. The molecule has 1 aromatic carbocycles. The third kappa shape index (κ3) is 3.59. The lowest BCUT2D eigenvalue weighted by Crippen LogP contribution is -2.20. The quantitative estimate of drug-likeness (QED) is 0.772. The fourth-order valence-corrected chi connectivity index (χ4v) is 2.70. The van der Waals surface area contributed by atoms with E-state index in [4.69, 9.17) is 9.15 Å². The van der Waals surface area contributed by atoms with E-state index < -0.39 is 0 Å². The number of ether oxygens (including phenoxy) is 1. The number of halogens is 1. The summed E-state index contributed by atoms with van der Waals surface area (Å²) in [7, 11) is 1.74. The molecule has 0 radical (unpaired) electrons. The summed E-state index contributed by atoms with van der Waals surface area (Å²) in [6.45, 7) is 3.82. The summed E-state index contributed by atoms with van der Waals surface area (Å²) in [5.41, 5.74) is 0.923. The van der Waals surface area contributed by atoms with Gasteiger partial charge in [-0.2, -0.15) is 0 Å². The first-order chi connectivity index (χ1) is 9.26. The molecular weight excluding hydrogens is 306 g/mol. The summed E-state index contributed by atoms with van der Waals surface area (Å²) in [5.74, 6) is 1.000. The van der Waals surface area contributed by atoms with Crippen molar-refractivity contribution in [3.63, 3.8) is 0 Å². The van der Waals surface area contributed by atoms with Crippen LogP contribution in [-0.4, -0.2) is 20.3 Å². The van der Waals surface area contributed by atoms with Crippen LogP contribution in [0, 0.1) is 0 Å². The first-order valence-electron chi connectivity index (χ1n) is 6.66. The molecule has 1 N–H and O–H groups in total. The molecule has 1 unspecified atom stereocenters. The van der Waals surface area contributed by atoms with Gasteiger partial charge in [0, 0.05) is 19.1 Å². The lowest BCUT2D eigenvalue weighted by atomic mass is 10.1. The molecule has 0 fully saturated rings. The third-order valence-corrected chi connectivity index (χ3v) is 3.77. The minimum atomic E-state index is 0.249. The topological polar surface area (TPSA) is 34.4 Å². The number of fused-ring (bicyclic) bond motifs is 1. The lowest BCUT2D eigenvalue weighted by molar-refractivity contribution is 0.187. The highest BCUT2D eigenvalue weighted by Gasteiger charge is 2.16. The van der Waals surface area contributed by atoms with E-state index in [0.29, 0.717) is 0 Å². The maximum absolute atomic E-state index is 5.99. The first kappa shape index (κ1) is 14.6. The summed E-state index contributed by atoms with van der Waals surface area (Å²) in [4.78, 5) is 0. The molecular formula is C15H20BrNO2. The fraction of sp³-hybridized carbons (Fsp3) is 0.467. The van der Waals surface area contributed by atoms with Crippen LogP contribution in [0.1, 0.15) is 31.6 Å². The molecule has 0 saturated heterocycles.